The summed E-state index contributed by atoms with van der Waals surface area (Å²) in [6.07, 6.45) is 3.35. The molecule has 7 heteroatoms. The van der Waals surface area contributed by atoms with Crippen LogP contribution in [0.4, 0.5) is 0 Å². The molecule has 1 spiro atoms. The first-order chi connectivity index (χ1) is 11.5. The van der Waals surface area contributed by atoms with Gasteiger partial charge in [-0.15, -0.1) is 6.58 Å². The van der Waals surface area contributed by atoms with Crippen LogP contribution in [0.5, 0.6) is 11.5 Å². The summed E-state index contributed by atoms with van der Waals surface area (Å²) in [6, 6.07) is 3.52. The summed E-state index contributed by atoms with van der Waals surface area (Å²) < 4.78 is 5.98. The number of carbonyl (C=O) groups is 1. The highest BCUT2D eigenvalue weighted by Crippen LogP contribution is 2.64. The lowest BCUT2D eigenvalue weighted by molar-refractivity contribution is -0.187. The van der Waals surface area contributed by atoms with Crippen molar-refractivity contribution < 1.29 is 37.6 Å². The number of likely N-dealkylation sites (tertiary alicyclic amines) is 1. The van der Waals surface area contributed by atoms with Crippen molar-refractivity contribution in [3.8, 4) is 11.5 Å². The minimum atomic E-state index is -1.00. The fourth-order valence-corrected chi connectivity index (χ4v) is 5.80. The molecule has 2 bridgehead atoms. The van der Waals surface area contributed by atoms with Gasteiger partial charge in [-0.25, -0.2) is 0 Å². The maximum Gasteiger partial charge on any atom is 0.174 e. The third kappa shape index (κ3) is 1.90. The lowest BCUT2D eigenvalue weighted by atomic mass is 9.49. The molecular weight excluding hydrogens is 358 g/mol. The van der Waals surface area contributed by atoms with Crippen molar-refractivity contribution in [3.05, 3.63) is 35.9 Å². The van der Waals surface area contributed by atoms with Gasteiger partial charge < -0.3 is 32.8 Å². The van der Waals surface area contributed by atoms with Crippen LogP contribution in [-0.2, 0) is 16.6 Å². The smallest absolute Gasteiger partial charge is 0.174 e. The monoisotopic (exact) mass is 380 g/mol. The Kier molecular flexibility index (Phi) is 4.39. The van der Waals surface area contributed by atoms with Crippen LogP contribution in [0, 0.1) is 0 Å². The fraction of sp³-hybridized carbons (Fsp3) is 0.526. The van der Waals surface area contributed by atoms with Crippen molar-refractivity contribution in [1.82, 2.24) is 4.90 Å². The predicted molar refractivity (Wildman–Crippen MR) is 90.9 cm³/mol. The summed E-state index contributed by atoms with van der Waals surface area (Å²) in [7, 11) is 0. The Labute approximate surface area is 158 Å². The topological polar surface area (TPSA) is 102 Å². The van der Waals surface area contributed by atoms with Gasteiger partial charge >= 0.3 is 0 Å². The van der Waals surface area contributed by atoms with Crippen LogP contribution in [0.3, 0.4) is 0 Å². The van der Waals surface area contributed by atoms with Crippen LogP contribution in [0.1, 0.15) is 30.4 Å². The molecule has 4 N–H and O–H groups in total. The number of Topliss-reactive ketones (excluding diaryl/α,β-unsaturated/α-hetero) is 1. The van der Waals surface area contributed by atoms with Crippen LogP contribution in [0.15, 0.2) is 24.8 Å². The number of hydrogen-bond acceptors (Lipinski definition) is 5. The lowest BCUT2D eigenvalue weighted by Crippen LogP contribution is -3.00. The summed E-state index contributed by atoms with van der Waals surface area (Å²) in [4.78, 5) is 14.9. The van der Waals surface area contributed by atoms with E-state index in [0.29, 0.717) is 31.4 Å². The number of halogens is 1. The van der Waals surface area contributed by atoms with E-state index in [2.05, 4.69) is 11.5 Å². The molecule has 2 aliphatic carbocycles. The number of hydrogen-bond donors (Lipinski definition) is 2. The molecule has 0 amide bonds. The van der Waals surface area contributed by atoms with E-state index < -0.39 is 17.1 Å². The summed E-state index contributed by atoms with van der Waals surface area (Å²) in [5.41, 5.74) is 0.256. The average molecular weight is 381 g/mol. The standard InChI is InChI=1S/C19H21NO4.ClH.H2O/c1-2-8-20-9-7-18-15-11-3-4-12(21)16(15)24-17(18)13(22)5-6-19(18,23)14(20)10-11;;/h2-4,14,17,21,23H,1,5-10H2;1H;1H2/p-1/t14?,17?,18-,19+;;/m0../s1. The molecule has 4 aliphatic rings. The number of piperidine rings is 1. The predicted octanol–water partition coefficient (Wildman–Crippen LogP) is -2.52. The van der Waals surface area contributed by atoms with E-state index >= 15 is 0 Å². The number of rotatable bonds is 2. The number of carbonyl (C=O) groups excluding carboxylic acids is 1. The van der Waals surface area contributed by atoms with Crippen molar-refractivity contribution in [2.45, 2.75) is 48.8 Å². The normalized spacial score (nSPS) is 36.3. The molecule has 4 atom stereocenters. The van der Waals surface area contributed by atoms with Crippen LogP contribution in [0.2, 0.25) is 0 Å². The van der Waals surface area contributed by atoms with E-state index in [1.807, 2.05) is 12.1 Å². The van der Waals surface area contributed by atoms with Crippen LogP contribution >= 0.6 is 0 Å². The summed E-state index contributed by atoms with van der Waals surface area (Å²) >= 11 is 0. The molecule has 1 saturated heterocycles. The second kappa shape index (κ2) is 5.96. The molecule has 1 aromatic carbocycles. The lowest BCUT2D eigenvalue weighted by Gasteiger charge is -2.62. The van der Waals surface area contributed by atoms with Crippen molar-refractivity contribution in [2.75, 3.05) is 13.1 Å². The Balaban J connectivity index is 0.000000980. The fourth-order valence-electron chi connectivity index (χ4n) is 5.80. The number of nitrogens with zero attached hydrogens (tertiary/aromatic N) is 1. The zero-order chi connectivity index (χ0) is 16.7. The molecular formula is C19H23ClNO5-. The second-order valence-corrected chi connectivity index (χ2v) is 7.56. The van der Waals surface area contributed by atoms with Gasteiger partial charge in [0.2, 0.25) is 0 Å². The molecule has 2 heterocycles. The van der Waals surface area contributed by atoms with Crippen LogP contribution < -0.4 is 17.1 Å². The van der Waals surface area contributed by atoms with E-state index in [1.165, 1.54) is 0 Å². The van der Waals surface area contributed by atoms with Gasteiger partial charge in [-0.2, -0.15) is 0 Å². The molecule has 5 rings (SSSR count). The van der Waals surface area contributed by atoms with Gasteiger partial charge in [0.1, 0.15) is 0 Å². The second-order valence-electron chi connectivity index (χ2n) is 7.56. The molecule has 2 aliphatic heterocycles. The number of phenolic OH excluding ortho intramolecular Hbond substituents is 1. The quantitative estimate of drug-likeness (QED) is 0.551. The molecule has 0 radical (unpaired) electrons. The largest absolute Gasteiger partial charge is 1.00 e. The zero-order valence-corrected chi connectivity index (χ0v) is 15.1. The molecule has 2 unspecified atom stereocenters. The van der Waals surface area contributed by atoms with Crippen LogP contribution in [-0.4, -0.2) is 57.2 Å². The van der Waals surface area contributed by atoms with Crippen molar-refractivity contribution in [3.63, 3.8) is 0 Å². The zero-order valence-electron chi connectivity index (χ0n) is 14.4. The molecule has 26 heavy (non-hydrogen) atoms. The van der Waals surface area contributed by atoms with Crippen molar-refractivity contribution in [1.29, 1.82) is 0 Å². The highest BCUT2D eigenvalue weighted by molar-refractivity contribution is 5.90. The maximum absolute atomic E-state index is 12.6. The van der Waals surface area contributed by atoms with Gasteiger partial charge in [0.15, 0.2) is 23.4 Å². The first-order valence-corrected chi connectivity index (χ1v) is 8.65. The van der Waals surface area contributed by atoms with Gasteiger partial charge in [-0.1, -0.05) is 12.1 Å². The minimum absolute atomic E-state index is 0. The van der Waals surface area contributed by atoms with E-state index in [1.54, 1.807) is 6.07 Å². The van der Waals surface area contributed by atoms with E-state index in [9.17, 15) is 15.0 Å². The van der Waals surface area contributed by atoms with Crippen molar-refractivity contribution in [2.24, 2.45) is 0 Å². The van der Waals surface area contributed by atoms with Crippen molar-refractivity contribution >= 4 is 5.78 Å². The molecule has 1 saturated carbocycles. The van der Waals surface area contributed by atoms with Crippen LogP contribution in [0.25, 0.3) is 0 Å². The third-order valence-corrected chi connectivity index (χ3v) is 6.73. The molecule has 2 fully saturated rings. The number of ether oxygens (including phenoxy) is 1. The number of ketones is 1. The van der Waals surface area contributed by atoms with Gasteiger partial charge in [0, 0.05) is 31.1 Å². The highest BCUT2D eigenvalue weighted by atomic mass is 35.5. The Hall–Kier alpha value is -1.60. The van der Waals surface area contributed by atoms with Gasteiger partial charge in [0.05, 0.1) is 11.0 Å². The first kappa shape index (κ1) is 19.2. The van der Waals surface area contributed by atoms with Gasteiger partial charge in [0.25, 0.3) is 0 Å². The third-order valence-electron chi connectivity index (χ3n) is 6.73. The maximum atomic E-state index is 12.6. The van der Waals surface area contributed by atoms with E-state index in [-0.39, 0.29) is 35.5 Å². The average Bonchev–Trinajstić information content (AvgIpc) is 2.91. The minimum Gasteiger partial charge on any atom is -1.00 e. The Morgan fingerprint density at radius 3 is 2.88 bits per heavy atom. The molecule has 0 aromatic heterocycles. The number of aromatic hydroxyl groups is 1. The van der Waals surface area contributed by atoms with E-state index in [4.69, 9.17) is 4.74 Å². The SMILES string of the molecule is C=CCN1CC[C@]23c4c5ccc(O)c4OC2C(=O)CC[C@@]3(O)C1C5.O.[Cl-]. The Bertz CT molecular complexity index is 783. The summed E-state index contributed by atoms with van der Waals surface area (Å²) in [6.45, 7) is 5.36. The molecule has 1 aromatic rings. The van der Waals surface area contributed by atoms with Gasteiger partial charge in [-0.05, 0) is 30.9 Å². The van der Waals surface area contributed by atoms with E-state index in [0.717, 1.165) is 24.2 Å². The highest BCUT2D eigenvalue weighted by Gasteiger charge is 2.72. The summed E-state index contributed by atoms with van der Waals surface area (Å²) in [5, 5.41) is 22.1. The Morgan fingerprint density at radius 1 is 1.38 bits per heavy atom. The number of benzene rings is 1. The molecule has 142 valence electrons. The number of phenols is 1. The van der Waals surface area contributed by atoms with Gasteiger partial charge in [-0.3, -0.25) is 9.69 Å². The first-order valence-electron chi connectivity index (χ1n) is 8.65. The molecule has 6 nitrogen and oxygen atoms in total. The summed E-state index contributed by atoms with van der Waals surface area (Å²) in [5.74, 6) is 0.528. The Morgan fingerprint density at radius 2 is 2.15 bits per heavy atom. The number of aliphatic hydroxyl groups is 1.